The maximum absolute atomic E-state index is 5.42. The third-order valence-electron chi connectivity index (χ3n) is 6.13. The molecule has 7 heteroatoms. The molecular weight excluding hydrogens is 489 g/mol. The zero-order valence-corrected chi connectivity index (χ0v) is 21.1. The van der Waals surface area contributed by atoms with E-state index in [0.717, 1.165) is 71.4 Å². The van der Waals surface area contributed by atoms with Crippen LogP contribution in [0, 0.1) is 0 Å². The Morgan fingerprint density at radius 3 is 2.37 bits per heavy atom. The summed E-state index contributed by atoms with van der Waals surface area (Å²) in [6, 6.07) is 11.5. The van der Waals surface area contributed by atoms with E-state index < -0.39 is 0 Å². The van der Waals surface area contributed by atoms with Crippen molar-refractivity contribution in [1.29, 1.82) is 0 Å². The van der Waals surface area contributed by atoms with E-state index in [-0.39, 0.29) is 24.0 Å². The van der Waals surface area contributed by atoms with Crippen LogP contribution in [0.15, 0.2) is 35.3 Å². The third kappa shape index (κ3) is 7.66. The highest BCUT2D eigenvalue weighted by atomic mass is 127. The van der Waals surface area contributed by atoms with Crippen molar-refractivity contribution in [1.82, 2.24) is 20.0 Å². The van der Waals surface area contributed by atoms with Crippen molar-refractivity contribution < 1.29 is 4.74 Å². The Labute approximate surface area is 200 Å². The lowest BCUT2D eigenvalue weighted by molar-refractivity contribution is 0.0372. The van der Waals surface area contributed by atoms with Gasteiger partial charge in [0.05, 0.1) is 13.2 Å². The van der Waals surface area contributed by atoms with E-state index in [1.54, 1.807) is 0 Å². The first-order valence-corrected chi connectivity index (χ1v) is 11.4. The van der Waals surface area contributed by atoms with E-state index >= 15 is 0 Å². The number of hydrogen-bond donors (Lipinski definition) is 1. The fourth-order valence-corrected chi connectivity index (χ4v) is 4.44. The van der Waals surface area contributed by atoms with Crippen molar-refractivity contribution in [2.45, 2.75) is 32.2 Å². The Morgan fingerprint density at radius 1 is 1.03 bits per heavy atom. The fraction of sp³-hybridized carbons (Fsp3) is 0.696. The fourth-order valence-electron chi connectivity index (χ4n) is 4.44. The molecule has 2 aliphatic heterocycles. The molecule has 2 heterocycles. The van der Waals surface area contributed by atoms with Crippen LogP contribution in [0.3, 0.4) is 0 Å². The minimum absolute atomic E-state index is 0. The second-order valence-electron chi connectivity index (χ2n) is 7.99. The molecule has 1 unspecified atom stereocenters. The molecule has 0 saturated carbocycles. The van der Waals surface area contributed by atoms with Crippen LogP contribution in [0.25, 0.3) is 0 Å². The molecule has 3 rings (SSSR count). The van der Waals surface area contributed by atoms with Gasteiger partial charge in [0.1, 0.15) is 0 Å². The van der Waals surface area contributed by atoms with Crippen LogP contribution in [0.5, 0.6) is 0 Å². The number of hydrogen-bond acceptors (Lipinski definition) is 4. The molecule has 0 bridgehead atoms. The first-order chi connectivity index (χ1) is 14.3. The van der Waals surface area contributed by atoms with E-state index in [4.69, 9.17) is 4.74 Å². The standard InChI is InChI=1S/C23H39N5O.HI/c1-3-22(21-9-5-4-6-10-21)27-13-15-28(16-14-27)23(24-2)25-11-7-8-12-26-17-19-29-20-18-26;/h4-6,9-10,22H,3,7-8,11-20H2,1-2H3,(H,24,25);1H. The summed E-state index contributed by atoms with van der Waals surface area (Å²) < 4.78 is 5.42. The minimum Gasteiger partial charge on any atom is -0.379 e. The summed E-state index contributed by atoms with van der Waals surface area (Å²) in [7, 11) is 1.90. The molecule has 0 aromatic heterocycles. The topological polar surface area (TPSA) is 43.3 Å². The number of nitrogens with one attached hydrogen (secondary N) is 1. The maximum atomic E-state index is 5.42. The van der Waals surface area contributed by atoms with Gasteiger partial charge < -0.3 is 15.0 Å². The predicted molar refractivity (Wildman–Crippen MR) is 136 cm³/mol. The summed E-state index contributed by atoms with van der Waals surface area (Å²) in [5.41, 5.74) is 1.44. The predicted octanol–water partition coefficient (Wildman–Crippen LogP) is 3.06. The summed E-state index contributed by atoms with van der Waals surface area (Å²) in [6.45, 7) is 12.7. The largest absolute Gasteiger partial charge is 0.379 e. The average molecular weight is 530 g/mol. The van der Waals surface area contributed by atoms with Gasteiger partial charge in [-0.1, -0.05) is 37.3 Å². The average Bonchev–Trinajstić information content (AvgIpc) is 2.79. The van der Waals surface area contributed by atoms with Gasteiger partial charge in [-0.2, -0.15) is 0 Å². The van der Waals surface area contributed by atoms with Crippen LogP contribution >= 0.6 is 24.0 Å². The Bertz CT molecular complexity index is 601. The normalized spacial score (nSPS) is 19.9. The Balaban J connectivity index is 0.00000320. The van der Waals surface area contributed by atoms with Crippen LogP contribution in [0.1, 0.15) is 37.8 Å². The van der Waals surface area contributed by atoms with E-state index in [0.29, 0.717) is 6.04 Å². The Morgan fingerprint density at radius 2 is 1.73 bits per heavy atom. The number of morpholine rings is 1. The number of benzene rings is 1. The zero-order valence-electron chi connectivity index (χ0n) is 18.8. The minimum atomic E-state index is 0. The maximum Gasteiger partial charge on any atom is 0.193 e. The van der Waals surface area contributed by atoms with Crippen molar-refractivity contribution >= 4 is 29.9 Å². The number of aliphatic imine (C=N–C) groups is 1. The molecular formula is C23H40IN5O. The van der Waals surface area contributed by atoms with Gasteiger partial charge in [-0.25, -0.2) is 0 Å². The van der Waals surface area contributed by atoms with Crippen molar-refractivity contribution in [3.8, 4) is 0 Å². The third-order valence-corrected chi connectivity index (χ3v) is 6.13. The number of guanidine groups is 1. The number of piperazine rings is 1. The summed E-state index contributed by atoms with van der Waals surface area (Å²) >= 11 is 0. The lowest BCUT2D eigenvalue weighted by atomic mass is 10.0. The van der Waals surface area contributed by atoms with Gasteiger partial charge in [-0.3, -0.25) is 14.8 Å². The molecule has 0 radical (unpaired) electrons. The van der Waals surface area contributed by atoms with Gasteiger partial charge in [-0.05, 0) is 31.4 Å². The monoisotopic (exact) mass is 529 g/mol. The molecule has 6 nitrogen and oxygen atoms in total. The SMILES string of the molecule is CCC(c1ccccc1)N1CCN(C(=NC)NCCCCN2CCOCC2)CC1.I. The molecule has 1 N–H and O–H groups in total. The number of unbranched alkanes of at least 4 members (excludes halogenated alkanes) is 1. The van der Waals surface area contributed by atoms with E-state index in [2.05, 4.69) is 62.3 Å². The molecule has 30 heavy (non-hydrogen) atoms. The lowest BCUT2D eigenvalue weighted by Crippen LogP contribution is -2.53. The van der Waals surface area contributed by atoms with Crippen LogP contribution < -0.4 is 5.32 Å². The number of ether oxygens (including phenoxy) is 1. The molecule has 0 aliphatic carbocycles. The summed E-state index contributed by atoms with van der Waals surface area (Å²) in [6.07, 6.45) is 3.56. The second kappa shape index (κ2) is 14.2. The molecule has 0 amide bonds. The molecule has 2 saturated heterocycles. The van der Waals surface area contributed by atoms with Crippen LogP contribution in [-0.2, 0) is 4.74 Å². The Hall–Kier alpha value is -0.900. The van der Waals surface area contributed by atoms with Gasteiger partial charge in [0.15, 0.2) is 5.96 Å². The first kappa shape index (κ1) is 25.4. The van der Waals surface area contributed by atoms with Gasteiger partial charge in [-0.15, -0.1) is 24.0 Å². The lowest BCUT2D eigenvalue weighted by Gasteiger charge is -2.40. The Kier molecular flexibility index (Phi) is 12.0. The van der Waals surface area contributed by atoms with Crippen LogP contribution in [-0.4, -0.2) is 93.3 Å². The van der Waals surface area contributed by atoms with Crippen molar-refractivity contribution in [3.63, 3.8) is 0 Å². The van der Waals surface area contributed by atoms with E-state index in [9.17, 15) is 0 Å². The molecule has 0 spiro atoms. The van der Waals surface area contributed by atoms with Crippen molar-refractivity contribution in [2.75, 3.05) is 72.6 Å². The number of halogens is 1. The van der Waals surface area contributed by atoms with Gasteiger partial charge in [0.25, 0.3) is 0 Å². The van der Waals surface area contributed by atoms with E-state index in [1.165, 1.54) is 24.9 Å². The van der Waals surface area contributed by atoms with Gasteiger partial charge in [0.2, 0.25) is 0 Å². The number of nitrogens with zero attached hydrogens (tertiary/aromatic N) is 4. The number of rotatable bonds is 8. The quantitative estimate of drug-likeness (QED) is 0.243. The van der Waals surface area contributed by atoms with Gasteiger partial charge in [0, 0.05) is 58.9 Å². The van der Waals surface area contributed by atoms with Crippen LogP contribution in [0.4, 0.5) is 0 Å². The highest BCUT2D eigenvalue weighted by Gasteiger charge is 2.25. The highest BCUT2D eigenvalue weighted by Crippen LogP contribution is 2.25. The smallest absolute Gasteiger partial charge is 0.193 e. The van der Waals surface area contributed by atoms with Crippen molar-refractivity contribution in [2.24, 2.45) is 4.99 Å². The molecule has 2 fully saturated rings. The highest BCUT2D eigenvalue weighted by molar-refractivity contribution is 14.0. The summed E-state index contributed by atoms with van der Waals surface area (Å²) in [4.78, 5) is 12.1. The first-order valence-electron chi connectivity index (χ1n) is 11.4. The molecule has 1 atom stereocenters. The zero-order chi connectivity index (χ0) is 20.3. The molecule has 1 aromatic rings. The molecule has 1 aromatic carbocycles. The van der Waals surface area contributed by atoms with Crippen molar-refractivity contribution in [3.05, 3.63) is 35.9 Å². The summed E-state index contributed by atoms with van der Waals surface area (Å²) in [5, 5.41) is 3.58. The summed E-state index contributed by atoms with van der Waals surface area (Å²) in [5.74, 6) is 1.06. The molecule has 170 valence electrons. The van der Waals surface area contributed by atoms with E-state index in [1.807, 2.05) is 7.05 Å². The van der Waals surface area contributed by atoms with Gasteiger partial charge >= 0.3 is 0 Å². The molecule has 2 aliphatic rings. The van der Waals surface area contributed by atoms with Crippen LogP contribution in [0.2, 0.25) is 0 Å². The second-order valence-corrected chi connectivity index (χ2v) is 7.99.